The van der Waals surface area contributed by atoms with Crippen molar-refractivity contribution in [3.05, 3.63) is 59.3 Å². The zero-order chi connectivity index (χ0) is 16.1. The number of amides is 1. The van der Waals surface area contributed by atoms with E-state index in [1.165, 1.54) is 5.56 Å². The molecule has 1 saturated heterocycles. The highest BCUT2D eigenvalue weighted by atomic mass is 16.5. The average Bonchev–Trinajstić information content (AvgIpc) is 3.07. The number of hydrogen-bond donors (Lipinski definition) is 1. The number of pyridine rings is 1. The third kappa shape index (κ3) is 4.29. The van der Waals surface area contributed by atoms with Gasteiger partial charge in [-0.2, -0.15) is 0 Å². The third-order valence-corrected chi connectivity index (χ3v) is 3.75. The molecule has 0 radical (unpaired) electrons. The van der Waals surface area contributed by atoms with Crippen LogP contribution in [0.5, 0.6) is 5.88 Å². The first kappa shape index (κ1) is 15.5. The number of ether oxygens (including phenoxy) is 2. The van der Waals surface area contributed by atoms with E-state index in [2.05, 4.69) is 10.3 Å². The fourth-order valence-electron chi connectivity index (χ4n) is 2.38. The lowest BCUT2D eigenvalue weighted by Gasteiger charge is -2.11. The van der Waals surface area contributed by atoms with Gasteiger partial charge in [-0.15, -0.1) is 0 Å². The van der Waals surface area contributed by atoms with Crippen LogP contribution in [-0.2, 0) is 11.3 Å². The second-order valence-electron chi connectivity index (χ2n) is 5.65. The maximum atomic E-state index is 12.3. The summed E-state index contributed by atoms with van der Waals surface area (Å²) in [6.45, 7) is 3.82. The van der Waals surface area contributed by atoms with Crippen LogP contribution in [-0.4, -0.2) is 30.2 Å². The van der Waals surface area contributed by atoms with Gasteiger partial charge in [0.15, 0.2) is 0 Å². The van der Waals surface area contributed by atoms with Crippen molar-refractivity contribution in [1.82, 2.24) is 10.3 Å². The Morgan fingerprint density at radius 3 is 2.91 bits per heavy atom. The molecule has 1 unspecified atom stereocenters. The monoisotopic (exact) mass is 312 g/mol. The molecular formula is C18H20N2O3. The number of aromatic nitrogens is 1. The fourth-order valence-corrected chi connectivity index (χ4v) is 2.38. The lowest BCUT2D eigenvalue weighted by atomic mass is 10.1. The zero-order valence-electron chi connectivity index (χ0n) is 13.1. The molecule has 0 bridgehead atoms. The summed E-state index contributed by atoms with van der Waals surface area (Å²) in [6.07, 6.45) is 2.46. The summed E-state index contributed by atoms with van der Waals surface area (Å²) < 4.78 is 11.0. The van der Waals surface area contributed by atoms with Crippen molar-refractivity contribution in [2.75, 3.05) is 13.2 Å². The largest absolute Gasteiger partial charge is 0.472 e. The predicted octanol–water partition coefficient (Wildman–Crippen LogP) is 2.49. The first-order chi connectivity index (χ1) is 11.2. The van der Waals surface area contributed by atoms with Crippen molar-refractivity contribution in [2.24, 2.45) is 0 Å². The molecule has 1 N–H and O–H groups in total. The molecule has 0 spiro atoms. The number of benzene rings is 1. The smallest absolute Gasteiger partial charge is 0.251 e. The van der Waals surface area contributed by atoms with E-state index in [-0.39, 0.29) is 12.0 Å². The van der Waals surface area contributed by atoms with Crippen molar-refractivity contribution < 1.29 is 14.3 Å². The van der Waals surface area contributed by atoms with Gasteiger partial charge in [-0.1, -0.05) is 29.8 Å². The highest BCUT2D eigenvalue weighted by molar-refractivity contribution is 5.94. The van der Waals surface area contributed by atoms with E-state index in [9.17, 15) is 4.79 Å². The normalized spacial score (nSPS) is 17.0. The maximum Gasteiger partial charge on any atom is 0.251 e. The summed E-state index contributed by atoms with van der Waals surface area (Å²) in [5, 5.41) is 2.91. The number of rotatable bonds is 5. The van der Waals surface area contributed by atoms with E-state index in [1.54, 1.807) is 18.3 Å². The SMILES string of the molecule is Cc1ccc(CNC(=O)c2ccnc(OC3CCOC3)c2)cc1. The fraction of sp³-hybridized carbons (Fsp3) is 0.333. The second-order valence-corrected chi connectivity index (χ2v) is 5.65. The van der Waals surface area contributed by atoms with Crippen LogP contribution in [0.25, 0.3) is 0 Å². The molecule has 0 aliphatic carbocycles. The van der Waals surface area contributed by atoms with Crippen molar-refractivity contribution in [3.63, 3.8) is 0 Å². The van der Waals surface area contributed by atoms with E-state index < -0.39 is 0 Å². The van der Waals surface area contributed by atoms with Gasteiger partial charge >= 0.3 is 0 Å². The molecule has 5 heteroatoms. The minimum Gasteiger partial charge on any atom is -0.472 e. The van der Waals surface area contributed by atoms with E-state index >= 15 is 0 Å². The Morgan fingerprint density at radius 2 is 2.17 bits per heavy atom. The molecule has 1 aliphatic rings. The Bertz CT molecular complexity index is 664. The van der Waals surface area contributed by atoms with Gasteiger partial charge in [0, 0.05) is 30.8 Å². The summed E-state index contributed by atoms with van der Waals surface area (Å²) in [5.41, 5.74) is 2.81. The van der Waals surface area contributed by atoms with Crippen LogP contribution in [0, 0.1) is 6.92 Å². The van der Waals surface area contributed by atoms with Crippen molar-refractivity contribution in [3.8, 4) is 5.88 Å². The Hall–Kier alpha value is -2.40. The molecule has 23 heavy (non-hydrogen) atoms. The number of nitrogens with one attached hydrogen (secondary N) is 1. The molecule has 1 aliphatic heterocycles. The van der Waals surface area contributed by atoms with Gasteiger partial charge in [0.2, 0.25) is 5.88 Å². The number of carbonyl (C=O) groups is 1. The van der Waals surface area contributed by atoms with Gasteiger partial charge in [-0.25, -0.2) is 4.98 Å². The van der Waals surface area contributed by atoms with Crippen LogP contribution >= 0.6 is 0 Å². The number of nitrogens with zero attached hydrogens (tertiary/aromatic N) is 1. The Labute approximate surface area is 135 Å². The van der Waals surface area contributed by atoms with Crippen LogP contribution in [0.1, 0.15) is 27.9 Å². The quantitative estimate of drug-likeness (QED) is 0.921. The lowest BCUT2D eigenvalue weighted by Crippen LogP contribution is -2.23. The van der Waals surface area contributed by atoms with Gasteiger partial charge in [0.1, 0.15) is 6.10 Å². The van der Waals surface area contributed by atoms with Crippen LogP contribution < -0.4 is 10.1 Å². The van der Waals surface area contributed by atoms with Crippen molar-refractivity contribution in [2.45, 2.75) is 26.0 Å². The number of hydrogen-bond acceptors (Lipinski definition) is 4. The summed E-state index contributed by atoms with van der Waals surface area (Å²) in [4.78, 5) is 16.4. The van der Waals surface area contributed by atoms with E-state index in [4.69, 9.17) is 9.47 Å². The summed E-state index contributed by atoms with van der Waals surface area (Å²) in [7, 11) is 0. The number of aryl methyl sites for hydroxylation is 1. The Morgan fingerprint density at radius 1 is 1.35 bits per heavy atom. The van der Waals surface area contributed by atoms with Crippen molar-refractivity contribution in [1.29, 1.82) is 0 Å². The van der Waals surface area contributed by atoms with E-state index in [0.29, 0.717) is 31.2 Å². The predicted molar refractivity (Wildman–Crippen MR) is 86.4 cm³/mol. The van der Waals surface area contributed by atoms with Crippen LogP contribution in [0.4, 0.5) is 0 Å². The molecule has 1 fully saturated rings. The van der Waals surface area contributed by atoms with E-state index in [1.807, 2.05) is 31.2 Å². The highest BCUT2D eigenvalue weighted by Gasteiger charge is 2.18. The molecule has 0 saturated carbocycles. The van der Waals surface area contributed by atoms with Crippen molar-refractivity contribution >= 4 is 5.91 Å². The molecule has 2 heterocycles. The average molecular weight is 312 g/mol. The van der Waals surface area contributed by atoms with E-state index in [0.717, 1.165) is 12.0 Å². The molecule has 5 nitrogen and oxygen atoms in total. The molecule has 1 aromatic heterocycles. The van der Waals surface area contributed by atoms with Crippen LogP contribution in [0.15, 0.2) is 42.6 Å². The molecular weight excluding hydrogens is 292 g/mol. The van der Waals surface area contributed by atoms with Gasteiger partial charge in [0.25, 0.3) is 5.91 Å². The molecule has 2 aromatic rings. The minimum absolute atomic E-state index is 0.0216. The standard InChI is InChI=1S/C18H20N2O3/c1-13-2-4-14(5-3-13)11-20-18(21)15-6-8-19-17(10-15)23-16-7-9-22-12-16/h2-6,8,10,16H,7,9,11-12H2,1H3,(H,20,21). The van der Waals surface area contributed by atoms with Crippen LogP contribution in [0.3, 0.4) is 0 Å². The zero-order valence-corrected chi connectivity index (χ0v) is 13.1. The Balaban J connectivity index is 1.59. The first-order valence-corrected chi connectivity index (χ1v) is 7.75. The molecule has 1 amide bonds. The van der Waals surface area contributed by atoms with Gasteiger partial charge < -0.3 is 14.8 Å². The lowest BCUT2D eigenvalue weighted by molar-refractivity contribution is 0.0949. The van der Waals surface area contributed by atoms with Gasteiger partial charge in [0.05, 0.1) is 13.2 Å². The second kappa shape index (κ2) is 7.24. The minimum atomic E-state index is -0.138. The molecule has 120 valence electrons. The van der Waals surface area contributed by atoms with Gasteiger partial charge in [-0.3, -0.25) is 4.79 Å². The molecule has 3 rings (SSSR count). The van der Waals surface area contributed by atoms with Gasteiger partial charge in [-0.05, 0) is 18.6 Å². The highest BCUT2D eigenvalue weighted by Crippen LogP contribution is 2.15. The molecule has 1 atom stereocenters. The summed E-state index contributed by atoms with van der Waals surface area (Å²) in [6, 6.07) is 11.4. The summed E-state index contributed by atoms with van der Waals surface area (Å²) >= 11 is 0. The molecule has 1 aromatic carbocycles. The topological polar surface area (TPSA) is 60.5 Å². The Kier molecular flexibility index (Phi) is 4.88. The third-order valence-electron chi connectivity index (χ3n) is 3.75. The summed E-state index contributed by atoms with van der Waals surface area (Å²) in [5.74, 6) is 0.323. The maximum absolute atomic E-state index is 12.3. The number of carbonyl (C=O) groups excluding carboxylic acids is 1. The van der Waals surface area contributed by atoms with Crippen LogP contribution in [0.2, 0.25) is 0 Å². The first-order valence-electron chi connectivity index (χ1n) is 7.75.